The Balaban J connectivity index is 1.64. The van der Waals surface area contributed by atoms with Gasteiger partial charge in [0.2, 0.25) is 0 Å². The van der Waals surface area contributed by atoms with Gasteiger partial charge >= 0.3 is 0 Å². The second kappa shape index (κ2) is 9.56. The molecule has 1 saturated heterocycles. The molecule has 0 saturated carbocycles. The zero-order valence-corrected chi connectivity index (χ0v) is 17.2. The number of hydrogen-bond acceptors (Lipinski definition) is 3. The molecule has 0 aliphatic carbocycles. The summed E-state index contributed by atoms with van der Waals surface area (Å²) in [6.07, 6.45) is 4.27. The summed E-state index contributed by atoms with van der Waals surface area (Å²) in [5, 5.41) is 3.26. The number of carbonyl (C=O) groups excluding carboxylic acids is 1. The van der Waals surface area contributed by atoms with Crippen molar-refractivity contribution in [2.45, 2.75) is 32.7 Å². The molecule has 1 fully saturated rings. The number of amides is 1. The number of anilines is 2. The predicted octanol–water partition coefficient (Wildman–Crippen LogP) is 4.61. The molecule has 148 valence electrons. The molecule has 0 radical (unpaired) electrons. The van der Waals surface area contributed by atoms with Crippen molar-refractivity contribution < 1.29 is 4.79 Å². The molecule has 1 amide bonds. The Kier molecular flexibility index (Phi) is 6.88. The van der Waals surface area contributed by atoms with E-state index in [1.807, 2.05) is 49.5 Å². The van der Waals surface area contributed by atoms with Gasteiger partial charge in [-0.05, 0) is 51.0 Å². The molecular formula is C24H31N3O. The van der Waals surface area contributed by atoms with Gasteiger partial charge in [-0.2, -0.15) is 0 Å². The SMILES string of the molecule is CC(C)=CCN1CCC(NC(=O)c2ccccc2N(C)c2ccccc2)CC1. The monoisotopic (exact) mass is 377 g/mol. The molecule has 1 aliphatic rings. The van der Waals surface area contributed by atoms with Crippen LogP contribution in [0.3, 0.4) is 0 Å². The van der Waals surface area contributed by atoms with Crippen molar-refractivity contribution in [1.29, 1.82) is 0 Å². The number of carbonyl (C=O) groups is 1. The molecule has 3 rings (SSSR count). The van der Waals surface area contributed by atoms with Gasteiger partial charge in [-0.25, -0.2) is 0 Å². The van der Waals surface area contributed by atoms with E-state index >= 15 is 0 Å². The first-order valence-corrected chi connectivity index (χ1v) is 10.1. The van der Waals surface area contributed by atoms with Gasteiger partial charge < -0.3 is 10.2 Å². The Morgan fingerprint density at radius 3 is 2.39 bits per heavy atom. The second-order valence-corrected chi connectivity index (χ2v) is 7.74. The van der Waals surface area contributed by atoms with Gasteiger partial charge in [0.15, 0.2) is 0 Å². The number of benzene rings is 2. The Morgan fingerprint density at radius 2 is 1.71 bits per heavy atom. The lowest BCUT2D eigenvalue weighted by Gasteiger charge is -2.32. The van der Waals surface area contributed by atoms with Crippen LogP contribution in [0, 0.1) is 0 Å². The highest BCUT2D eigenvalue weighted by Crippen LogP contribution is 2.27. The van der Waals surface area contributed by atoms with Crippen molar-refractivity contribution in [3.63, 3.8) is 0 Å². The van der Waals surface area contributed by atoms with Crippen LogP contribution in [0.2, 0.25) is 0 Å². The molecule has 4 heteroatoms. The maximum atomic E-state index is 13.0. The number of piperidine rings is 1. The summed E-state index contributed by atoms with van der Waals surface area (Å²) in [5.41, 5.74) is 4.07. The number of nitrogens with one attached hydrogen (secondary N) is 1. The summed E-state index contributed by atoms with van der Waals surface area (Å²) in [6.45, 7) is 7.34. The first-order chi connectivity index (χ1) is 13.5. The largest absolute Gasteiger partial charge is 0.349 e. The molecule has 0 unspecified atom stereocenters. The van der Waals surface area contributed by atoms with Crippen molar-refractivity contribution in [3.8, 4) is 0 Å². The molecule has 1 aliphatic heterocycles. The minimum Gasteiger partial charge on any atom is -0.349 e. The van der Waals surface area contributed by atoms with Crippen LogP contribution in [0.15, 0.2) is 66.2 Å². The fourth-order valence-corrected chi connectivity index (χ4v) is 3.58. The van der Waals surface area contributed by atoms with Gasteiger partial charge in [-0.3, -0.25) is 9.69 Å². The smallest absolute Gasteiger partial charge is 0.253 e. The van der Waals surface area contributed by atoms with Crippen LogP contribution >= 0.6 is 0 Å². The third-order valence-corrected chi connectivity index (χ3v) is 5.33. The Bertz CT molecular complexity index is 804. The topological polar surface area (TPSA) is 35.6 Å². The Morgan fingerprint density at radius 1 is 1.07 bits per heavy atom. The van der Waals surface area contributed by atoms with Crippen molar-refractivity contribution in [2.24, 2.45) is 0 Å². The van der Waals surface area contributed by atoms with Crippen LogP contribution in [0.25, 0.3) is 0 Å². The van der Waals surface area contributed by atoms with Gasteiger partial charge in [0, 0.05) is 38.4 Å². The van der Waals surface area contributed by atoms with Crippen molar-refractivity contribution >= 4 is 17.3 Å². The van der Waals surface area contributed by atoms with Crippen LogP contribution in [-0.4, -0.2) is 43.5 Å². The van der Waals surface area contributed by atoms with Gasteiger partial charge in [-0.15, -0.1) is 0 Å². The zero-order valence-electron chi connectivity index (χ0n) is 17.2. The molecule has 2 aromatic rings. The van der Waals surface area contributed by atoms with E-state index in [1.54, 1.807) is 0 Å². The standard InChI is InChI=1S/C24H31N3O/c1-19(2)13-16-27-17-14-20(15-18-27)25-24(28)22-11-7-8-12-23(22)26(3)21-9-5-4-6-10-21/h4-13,20H,14-18H2,1-3H3,(H,25,28). The number of rotatable bonds is 6. The van der Waals surface area contributed by atoms with Crippen LogP contribution in [0.5, 0.6) is 0 Å². The predicted molar refractivity (Wildman–Crippen MR) is 117 cm³/mol. The van der Waals surface area contributed by atoms with Crippen LogP contribution in [0.4, 0.5) is 11.4 Å². The van der Waals surface area contributed by atoms with E-state index in [4.69, 9.17) is 0 Å². The third kappa shape index (κ3) is 5.23. The summed E-state index contributed by atoms with van der Waals surface area (Å²) in [4.78, 5) is 17.5. The summed E-state index contributed by atoms with van der Waals surface area (Å²) in [5.74, 6) is 0.0149. The zero-order chi connectivity index (χ0) is 19.9. The third-order valence-electron chi connectivity index (χ3n) is 5.33. The summed E-state index contributed by atoms with van der Waals surface area (Å²) >= 11 is 0. The maximum Gasteiger partial charge on any atom is 0.253 e. The van der Waals surface area contributed by atoms with Crippen molar-refractivity contribution in [3.05, 3.63) is 71.8 Å². The lowest BCUT2D eigenvalue weighted by Crippen LogP contribution is -2.44. The van der Waals surface area contributed by atoms with E-state index in [9.17, 15) is 4.79 Å². The minimum absolute atomic E-state index is 0.0149. The van der Waals surface area contributed by atoms with Crippen molar-refractivity contribution in [1.82, 2.24) is 10.2 Å². The summed E-state index contributed by atoms with van der Waals surface area (Å²) in [6, 6.07) is 18.2. The maximum absolute atomic E-state index is 13.0. The average Bonchev–Trinajstić information content (AvgIpc) is 2.73. The molecule has 28 heavy (non-hydrogen) atoms. The highest BCUT2D eigenvalue weighted by atomic mass is 16.1. The highest BCUT2D eigenvalue weighted by Gasteiger charge is 2.22. The minimum atomic E-state index is 0.0149. The summed E-state index contributed by atoms with van der Waals surface area (Å²) in [7, 11) is 2.00. The number of likely N-dealkylation sites (tertiary alicyclic amines) is 1. The van der Waals surface area contributed by atoms with Crippen molar-refractivity contribution in [2.75, 3.05) is 31.6 Å². The highest BCUT2D eigenvalue weighted by molar-refractivity contribution is 6.00. The van der Waals surface area contributed by atoms with Gasteiger partial charge in [0.1, 0.15) is 0 Å². The lowest BCUT2D eigenvalue weighted by atomic mass is 10.0. The fourth-order valence-electron chi connectivity index (χ4n) is 3.58. The normalized spacial score (nSPS) is 15.1. The molecule has 0 aromatic heterocycles. The van der Waals surface area contributed by atoms with E-state index in [-0.39, 0.29) is 11.9 Å². The first-order valence-electron chi connectivity index (χ1n) is 10.1. The quantitative estimate of drug-likeness (QED) is 0.747. The van der Waals surface area contributed by atoms with Gasteiger partial charge in [0.05, 0.1) is 11.3 Å². The Labute approximate surface area is 168 Å². The average molecular weight is 378 g/mol. The molecule has 0 bridgehead atoms. The lowest BCUT2D eigenvalue weighted by molar-refractivity contribution is 0.0914. The summed E-state index contributed by atoms with van der Waals surface area (Å²) < 4.78 is 0. The van der Waals surface area contributed by atoms with Crippen LogP contribution in [0.1, 0.15) is 37.0 Å². The van der Waals surface area contributed by atoms with E-state index in [0.29, 0.717) is 0 Å². The molecule has 2 aromatic carbocycles. The number of nitrogens with zero attached hydrogens (tertiary/aromatic N) is 2. The van der Waals surface area contributed by atoms with E-state index < -0.39 is 0 Å². The van der Waals surface area contributed by atoms with E-state index in [2.05, 4.69) is 47.2 Å². The second-order valence-electron chi connectivity index (χ2n) is 7.74. The van der Waals surface area contributed by atoms with E-state index in [1.165, 1.54) is 5.57 Å². The molecule has 1 N–H and O–H groups in total. The molecule has 1 heterocycles. The van der Waals surface area contributed by atoms with Gasteiger partial charge in [-0.1, -0.05) is 42.0 Å². The molecule has 0 spiro atoms. The molecular weight excluding hydrogens is 346 g/mol. The van der Waals surface area contributed by atoms with Crippen LogP contribution < -0.4 is 10.2 Å². The molecule has 0 atom stereocenters. The fraction of sp³-hybridized carbons (Fsp3) is 0.375. The first kappa shape index (κ1) is 20.2. The van der Waals surface area contributed by atoms with Crippen LogP contribution in [-0.2, 0) is 0 Å². The van der Waals surface area contributed by atoms with Gasteiger partial charge in [0.25, 0.3) is 5.91 Å². The number of hydrogen-bond donors (Lipinski definition) is 1. The number of para-hydroxylation sites is 2. The number of allylic oxidation sites excluding steroid dienone is 1. The molecule has 4 nitrogen and oxygen atoms in total. The van der Waals surface area contributed by atoms with E-state index in [0.717, 1.165) is 49.4 Å². The Hall–Kier alpha value is -2.59.